The van der Waals surface area contributed by atoms with Crippen LogP contribution in [0.3, 0.4) is 0 Å². The van der Waals surface area contributed by atoms with Crippen molar-refractivity contribution in [1.29, 1.82) is 0 Å². The molecule has 0 fully saturated rings. The Kier molecular flexibility index (Phi) is 7.67. The van der Waals surface area contributed by atoms with E-state index in [9.17, 15) is 5.11 Å². The standard InChI is InChI=1S/C16H14Cl4O2S/c17-13-3-1-10(5-15(13)19)8-23-9-11(21)7-22-12-2-4-14(18)16(20)6-12/h1-6,11,21H,7-9H2. The van der Waals surface area contributed by atoms with E-state index in [4.69, 9.17) is 51.1 Å². The number of rotatable bonds is 7. The summed E-state index contributed by atoms with van der Waals surface area (Å²) in [6, 6.07) is 10.5. The van der Waals surface area contributed by atoms with Gasteiger partial charge >= 0.3 is 0 Å². The molecule has 0 aliphatic heterocycles. The maximum Gasteiger partial charge on any atom is 0.121 e. The summed E-state index contributed by atoms with van der Waals surface area (Å²) in [5.41, 5.74) is 1.06. The molecule has 2 aromatic carbocycles. The molecule has 124 valence electrons. The SMILES string of the molecule is OC(COc1ccc(Cl)c(Cl)c1)CSCc1ccc(Cl)c(Cl)c1. The van der Waals surface area contributed by atoms with Crippen molar-refractivity contribution in [3.8, 4) is 5.75 Å². The molecule has 23 heavy (non-hydrogen) atoms. The quantitative estimate of drug-likeness (QED) is 0.608. The summed E-state index contributed by atoms with van der Waals surface area (Å²) in [5, 5.41) is 11.9. The van der Waals surface area contributed by atoms with Crippen LogP contribution in [0.15, 0.2) is 36.4 Å². The molecule has 0 aliphatic rings. The molecule has 2 rings (SSSR count). The van der Waals surface area contributed by atoms with Crippen molar-refractivity contribution >= 4 is 58.2 Å². The monoisotopic (exact) mass is 410 g/mol. The average molecular weight is 412 g/mol. The van der Waals surface area contributed by atoms with Gasteiger partial charge in [0.1, 0.15) is 12.4 Å². The van der Waals surface area contributed by atoms with Crippen LogP contribution in [0.25, 0.3) is 0 Å². The molecule has 1 atom stereocenters. The first-order valence-electron chi connectivity index (χ1n) is 6.73. The molecule has 7 heteroatoms. The molecule has 0 radical (unpaired) electrons. The lowest BCUT2D eigenvalue weighted by Crippen LogP contribution is -2.20. The zero-order chi connectivity index (χ0) is 16.8. The number of hydrogen-bond acceptors (Lipinski definition) is 3. The van der Waals surface area contributed by atoms with Crippen molar-refractivity contribution in [3.63, 3.8) is 0 Å². The lowest BCUT2D eigenvalue weighted by molar-refractivity contribution is 0.126. The van der Waals surface area contributed by atoms with E-state index in [1.807, 2.05) is 12.1 Å². The van der Waals surface area contributed by atoms with E-state index < -0.39 is 6.10 Å². The number of hydrogen-bond donors (Lipinski definition) is 1. The summed E-state index contributed by atoms with van der Waals surface area (Å²) in [6.07, 6.45) is -0.586. The molecule has 0 bridgehead atoms. The number of aliphatic hydroxyl groups is 1. The van der Waals surface area contributed by atoms with Crippen LogP contribution < -0.4 is 4.74 Å². The van der Waals surface area contributed by atoms with Gasteiger partial charge in [-0.05, 0) is 29.8 Å². The Morgan fingerprint density at radius 2 is 1.57 bits per heavy atom. The molecule has 2 nitrogen and oxygen atoms in total. The van der Waals surface area contributed by atoms with Gasteiger partial charge in [0.25, 0.3) is 0 Å². The van der Waals surface area contributed by atoms with Crippen LogP contribution in [0.1, 0.15) is 5.56 Å². The molecule has 2 aromatic rings. The number of halogens is 4. The predicted octanol–water partition coefficient (Wildman–Crippen LogP) is 5.97. The van der Waals surface area contributed by atoms with E-state index in [0.29, 0.717) is 31.6 Å². The second kappa shape index (κ2) is 9.26. The highest BCUT2D eigenvalue weighted by molar-refractivity contribution is 7.98. The molecular weight excluding hydrogens is 398 g/mol. The fourth-order valence-corrected chi connectivity index (χ4v) is 3.26. The molecule has 0 spiro atoms. The van der Waals surface area contributed by atoms with Gasteiger partial charge < -0.3 is 9.84 Å². The summed E-state index contributed by atoms with van der Waals surface area (Å²) in [7, 11) is 0. The second-order valence-electron chi connectivity index (χ2n) is 4.80. The Morgan fingerprint density at radius 1 is 0.913 bits per heavy atom. The van der Waals surface area contributed by atoms with Gasteiger partial charge in [0.2, 0.25) is 0 Å². The minimum atomic E-state index is -0.586. The van der Waals surface area contributed by atoms with Gasteiger partial charge in [0.15, 0.2) is 0 Å². The maximum absolute atomic E-state index is 9.96. The highest BCUT2D eigenvalue weighted by Crippen LogP contribution is 2.27. The van der Waals surface area contributed by atoms with Crippen LogP contribution in [0.5, 0.6) is 5.75 Å². The van der Waals surface area contributed by atoms with E-state index in [1.165, 1.54) is 0 Å². The zero-order valence-electron chi connectivity index (χ0n) is 11.9. The van der Waals surface area contributed by atoms with E-state index in [2.05, 4.69) is 0 Å². The molecule has 0 saturated heterocycles. The van der Waals surface area contributed by atoms with Crippen LogP contribution in [-0.2, 0) is 5.75 Å². The summed E-state index contributed by atoms with van der Waals surface area (Å²) >= 11 is 25.2. The number of ether oxygens (including phenoxy) is 1. The van der Waals surface area contributed by atoms with E-state index in [-0.39, 0.29) is 6.61 Å². The van der Waals surface area contributed by atoms with Gasteiger partial charge in [-0.3, -0.25) is 0 Å². The average Bonchev–Trinajstić information content (AvgIpc) is 2.52. The normalized spacial score (nSPS) is 12.2. The van der Waals surface area contributed by atoms with Crippen molar-refractivity contribution in [3.05, 3.63) is 62.1 Å². The van der Waals surface area contributed by atoms with Gasteiger partial charge in [0.05, 0.1) is 26.2 Å². The number of thioether (sulfide) groups is 1. The minimum Gasteiger partial charge on any atom is -0.491 e. The molecule has 0 amide bonds. The summed E-state index contributed by atoms with van der Waals surface area (Å²) in [6.45, 7) is 0.187. The van der Waals surface area contributed by atoms with Crippen LogP contribution in [0.2, 0.25) is 20.1 Å². The van der Waals surface area contributed by atoms with Crippen LogP contribution in [0, 0.1) is 0 Å². The Bertz CT molecular complexity index is 667. The van der Waals surface area contributed by atoms with E-state index in [1.54, 1.807) is 36.0 Å². The third-order valence-corrected chi connectivity index (χ3v) is 5.53. The highest BCUT2D eigenvalue weighted by atomic mass is 35.5. The zero-order valence-corrected chi connectivity index (χ0v) is 15.8. The fraction of sp³-hybridized carbons (Fsp3) is 0.250. The first kappa shape index (κ1) is 19.0. The van der Waals surface area contributed by atoms with Crippen molar-refractivity contribution in [1.82, 2.24) is 0 Å². The molecular formula is C16H14Cl4O2S. The maximum atomic E-state index is 9.96. The first-order chi connectivity index (χ1) is 11.0. The second-order valence-corrected chi connectivity index (χ2v) is 7.46. The molecule has 0 aromatic heterocycles. The van der Waals surface area contributed by atoms with Gasteiger partial charge in [0, 0.05) is 17.6 Å². The summed E-state index contributed by atoms with van der Waals surface area (Å²) < 4.78 is 5.50. The minimum absolute atomic E-state index is 0.187. The van der Waals surface area contributed by atoms with Gasteiger partial charge in [-0.25, -0.2) is 0 Å². The largest absolute Gasteiger partial charge is 0.491 e. The van der Waals surface area contributed by atoms with E-state index in [0.717, 1.165) is 11.3 Å². The van der Waals surface area contributed by atoms with Crippen molar-refractivity contribution < 1.29 is 9.84 Å². The molecule has 0 aliphatic carbocycles. The Balaban J connectivity index is 1.73. The lowest BCUT2D eigenvalue weighted by atomic mass is 10.2. The van der Waals surface area contributed by atoms with Gasteiger partial charge in [-0.1, -0.05) is 52.5 Å². The first-order valence-corrected chi connectivity index (χ1v) is 9.40. The fourth-order valence-electron chi connectivity index (χ4n) is 1.75. The third kappa shape index (κ3) is 6.26. The van der Waals surface area contributed by atoms with Crippen molar-refractivity contribution in [2.75, 3.05) is 12.4 Å². The van der Waals surface area contributed by atoms with Crippen LogP contribution in [0.4, 0.5) is 0 Å². The predicted molar refractivity (Wildman–Crippen MR) is 101 cm³/mol. The van der Waals surface area contributed by atoms with Crippen LogP contribution >= 0.6 is 58.2 Å². The molecule has 0 heterocycles. The van der Waals surface area contributed by atoms with Gasteiger partial charge in [-0.15, -0.1) is 0 Å². The van der Waals surface area contributed by atoms with Crippen LogP contribution in [-0.4, -0.2) is 23.6 Å². The number of aliphatic hydroxyl groups excluding tert-OH is 1. The van der Waals surface area contributed by atoms with Crippen molar-refractivity contribution in [2.24, 2.45) is 0 Å². The molecule has 1 unspecified atom stereocenters. The van der Waals surface area contributed by atoms with Gasteiger partial charge in [-0.2, -0.15) is 11.8 Å². The number of benzene rings is 2. The Labute approximate surface area is 159 Å². The Hall–Kier alpha value is -0.290. The molecule has 1 N–H and O–H groups in total. The van der Waals surface area contributed by atoms with Crippen molar-refractivity contribution in [2.45, 2.75) is 11.9 Å². The lowest BCUT2D eigenvalue weighted by Gasteiger charge is -2.12. The summed E-state index contributed by atoms with van der Waals surface area (Å²) in [5.74, 6) is 1.86. The summed E-state index contributed by atoms with van der Waals surface area (Å²) in [4.78, 5) is 0. The third-order valence-electron chi connectivity index (χ3n) is 2.90. The molecule has 0 saturated carbocycles. The highest BCUT2D eigenvalue weighted by Gasteiger charge is 2.08. The smallest absolute Gasteiger partial charge is 0.121 e. The van der Waals surface area contributed by atoms with E-state index >= 15 is 0 Å². The topological polar surface area (TPSA) is 29.5 Å². The Morgan fingerprint density at radius 3 is 2.22 bits per heavy atom.